The Kier molecular flexibility index (Phi) is 5.51. The minimum Gasteiger partial charge on any atom is -0.492 e. The summed E-state index contributed by atoms with van der Waals surface area (Å²) in [6.07, 6.45) is 4.20. The van der Waals surface area contributed by atoms with Gasteiger partial charge in [0.2, 0.25) is 0 Å². The molecule has 1 saturated carbocycles. The van der Waals surface area contributed by atoms with E-state index < -0.39 is 0 Å². The molecule has 2 nitrogen and oxygen atoms in total. The number of hydrogen-bond acceptors (Lipinski definition) is 2. The summed E-state index contributed by atoms with van der Waals surface area (Å²) in [6, 6.07) is 7.99. The summed E-state index contributed by atoms with van der Waals surface area (Å²) in [5.74, 6) is 2.69. The van der Waals surface area contributed by atoms with Crippen molar-refractivity contribution in [3.63, 3.8) is 0 Å². The molecule has 0 saturated heterocycles. The lowest BCUT2D eigenvalue weighted by molar-refractivity contribution is 0.302. The first kappa shape index (κ1) is 13.9. The van der Waals surface area contributed by atoms with E-state index in [1.807, 2.05) is 24.3 Å². The Hall–Kier alpha value is -0.540. The quantitative estimate of drug-likeness (QED) is 0.806. The van der Waals surface area contributed by atoms with Gasteiger partial charge in [0, 0.05) is 11.0 Å². The number of nitrogens with one attached hydrogen (secondary N) is 1. The lowest BCUT2D eigenvalue weighted by Gasteiger charge is -2.16. The van der Waals surface area contributed by atoms with Crippen molar-refractivity contribution in [3.8, 4) is 5.75 Å². The fraction of sp³-hybridized carbons (Fsp3) is 0.600. The van der Waals surface area contributed by atoms with Crippen molar-refractivity contribution in [1.82, 2.24) is 5.32 Å². The summed E-state index contributed by atoms with van der Waals surface area (Å²) in [5.41, 5.74) is 0. The largest absolute Gasteiger partial charge is 0.492 e. The van der Waals surface area contributed by atoms with Crippen LogP contribution in [-0.4, -0.2) is 19.7 Å². The first-order valence-corrected chi connectivity index (χ1v) is 7.64. The standard InChI is InChI=1S/C15H22BrNO/c1-12-4-2-5-13(12)11-17-8-9-18-15-7-3-6-14(16)10-15/h3,6-7,10,12-13,17H,2,4-5,8-9,11H2,1H3. The number of halogens is 1. The van der Waals surface area contributed by atoms with Gasteiger partial charge in [-0.15, -0.1) is 0 Å². The Balaban J connectivity index is 1.59. The van der Waals surface area contributed by atoms with Crippen molar-refractivity contribution < 1.29 is 4.74 Å². The van der Waals surface area contributed by atoms with Crippen LogP contribution in [0.15, 0.2) is 28.7 Å². The summed E-state index contributed by atoms with van der Waals surface area (Å²) in [6.45, 7) is 5.17. The second kappa shape index (κ2) is 7.15. The van der Waals surface area contributed by atoms with E-state index in [-0.39, 0.29) is 0 Å². The zero-order chi connectivity index (χ0) is 12.8. The molecule has 2 atom stereocenters. The second-order valence-corrected chi connectivity index (χ2v) is 6.09. The van der Waals surface area contributed by atoms with Gasteiger partial charge in [-0.2, -0.15) is 0 Å². The molecule has 1 aliphatic carbocycles. The maximum atomic E-state index is 5.69. The van der Waals surface area contributed by atoms with Crippen LogP contribution in [0.2, 0.25) is 0 Å². The van der Waals surface area contributed by atoms with Gasteiger partial charge < -0.3 is 10.1 Å². The van der Waals surface area contributed by atoms with E-state index in [0.29, 0.717) is 0 Å². The molecular formula is C15H22BrNO. The van der Waals surface area contributed by atoms with E-state index >= 15 is 0 Å². The normalized spacial score (nSPS) is 23.2. The van der Waals surface area contributed by atoms with E-state index in [2.05, 4.69) is 28.2 Å². The molecule has 1 aromatic rings. The molecule has 0 aromatic heterocycles. The van der Waals surface area contributed by atoms with E-state index in [1.165, 1.54) is 19.3 Å². The first-order chi connectivity index (χ1) is 8.75. The zero-order valence-electron chi connectivity index (χ0n) is 11.0. The van der Waals surface area contributed by atoms with Gasteiger partial charge >= 0.3 is 0 Å². The highest BCUT2D eigenvalue weighted by Gasteiger charge is 2.22. The Morgan fingerprint density at radius 1 is 1.39 bits per heavy atom. The molecular weight excluding hydrogens is 290 g/mol. The molecule has 1 aromatic carbocycles. The molecule has 1 aliphatic rings. The highest BCUT2D eigenvalue weighted by molar-refractivity contribution is 9.10. The summed E-state index contributed by atoms with van der Waals surface area (Å²) >= 11 is 3.44. The van der Waals surface area contributed by atoms with Crippen molar-refractivity contribution in [2.24, 2.45) is 11.8 Å². The van der Waals surface area contributed by atoms with Gasteiger partial charge in [-0.05, 0) is 43.0 Å². The average molecular weight is 312 g/mol. The average Bonchev–Trinajstić information content (AvgIpc) is 2.75. The number of benzene rings is 1. The Labute approximate surface area is 118 Å². The molecule has 0 amide bonds. The minimum absolute atomic E-state index is 0.734. The van der Waals surface area contributed by atoms with Gasteiger partial charge in [0.15, 0.2) is 0 Å². The second-order valence-electron chi connectivity index (χ2n) is 5.18. The van der Waals surface area contributed by atoms with Crippen LogP contribution < -0.4 is 10.1 Å². The van der Waals surface area contributed by atoms with Crippen molar-refractivity contribution in [1.29, 1.82) is 0 Å². The van der Waals surface area contributed by atoms with E-state index in [9.17, 15) is 0 Å². The van der Waals surface area contributed by atoms with Crippen molar-refractivity contribution in [3.05, 3.63) is 28.7 Å². The van der Waals surface area contributed by atoms with Crippen molar-refractivity contribution in [2.75, 3.05) is 19.7 Å². The molecule has 0 bridgehead atoms. The highest BCUT2D eigenvalue weighted by atomic mass is 79.9. The molecule has 18 heavy (non-hydrogen) atoms. The number of rotatable bonds is 6. The lowest BCUT2D eigenvalue weighted by atomic mass is 9.98. The maximum Gasteiger partial charge on any atom is 0.120 e. The van der Waals surface area contributed by atoms with Crippen LogP contribution >= 0.6 is 15.9 Å². The predicted molar refractivity (Wildman–Crippen MR) is 79.0 cm³/mol. The molecule has 1 N–H and O–H groups in total. The van der Waals surface area contributed by atoms with Gasteiger partial charge in [-0.3, -0.25) is 0 Å². The van der Waals surface area contributed by atoms with Crippen LogP contribution in [0.3, 0.4) is 0 Å². The first-order valence-electron chi connectivity index (χ1n) is 6.85. The van der Waals surface area contributed by atoms with Gasteiger partial charge in [-0.25, -0.2) is 0 Å². The smallest absolute Gasteiger partial charge is 0.120 e. The highest BCUT2D eigenvalue weighted by Crippen LogP contribution is 2.30. The maximum absolute atomic E-state index is 5.69. The molecule has 0 aliphatic heterocycles. The number of hydrogen-bond donors (Lipinski definition) is 1. The van der Waals surface area contributed by atoms with E-state index in [1.54, 1.807) is 0 Å². The summed E-state index contributed by atoms with van der Waals surface area (Å²) < 4.78 is 6.75. The van der Waals surface area contributed by atoms with Gasteiger partial charge in [-0.1, -0.05) is 41.8 Å². The van der Waals surface area contributed by atoms with Crippen LogP contribution in [0.4, 0.5) is 0 Å². The zero-order valence-corrected chi connectivity index (χ0v) is 12.6. The predicted octanol–water partition coefficient (Wildman–Crippen LogP) is 3.85. The fourth-order valence-corrected chi connectivity index (χ4v) is 2.99. The van der Waals surface area contributed by atoms with Gasteiger partial charge in [0.05, 0.1) is 0 Å². The summed E-state index contributed by atoms with van der Waals surface area (Å²) in [7, 11) is 0. The van der Waals surface area contributed by atoms with Crippen LogP contribution in [0, 0.1) is 11.8 Å². The van der Waals surface area contributed by atoms with Crippen LogP contribution in [0.25, 0.3) is 0 Å². The van der Waals surface area contributed by atoms with Gasteiger partial charge in [0.25, 0.3) is 0 Å². The Morgan fingerprint density at radius 3 is 3.00 bits per heavy atom. The van der Waals surface area contributed by atoms with E-state index in [4.69, 9.17) is 4.74 Å². The Morgan fingerprint density at radius 2 is 2.28 bits per heavy atom. The van der Waals surface area contributed by atoms with Crippen LogP contribution in [0.5, 0.6) is 5.75 Å². The third-order valence-corrected chi connectivity index (χ3v) is 4.28. The monoisotopic (exact) mass is 311 g/mol. The SMILES string of the molecule is CC1CCCC1CNCCOc1cccc(Br)c1. The van der Waals surface area contributed by atoms with Crippen LogP contribution in [-0.2, 0) is 0 Å². The topological polar surface area (TPSA) is 21.3 Å². The van der Waals surface area contributed by atoms with Gasteiger partial charge in [0.1, 0.15) is 12.4 Å². The molecule has 3 heteroatoms. The minimum atomic E-state index is 0.734. The third-order valence-electron chi connectivity index (χ3n) is 3.79. The van der Waals surface area contributed by atoms with Crippen molar-refractivity contribution >= 4 is 15.9 Å². The van der Waals surface area contributed by atoms with E-state index in [0.717, 1.165) is 41.8 Å². The Bertz CT molecular complexity index is 369. The molecule has 2 rings (SSSR count). The summed E-state index contributed by atoms with van der Waals surface area (Å²) in [4.78, 5) is 0. The lowest BCUT2D eigenvalue weighted by Crippen LogP contribution is -2.28. The molecule has 1 fully saturated rings. The molecule has 100 valence electrons. The molecule has 0 radical (unpaired) electrons. The molecule has 0 heterocycles. The van der Waals surface area contributed by atoms with Crippen molar-refractivity contribution in [2.45, 2.75) is 26.2 Å². The number of ether oxygens (including phenoxy) is 1. The van der Waals surface area contributed by atoms with Crippen LogP contribution in [0.1, 0.15) is 26.2 Å². The third kappa shape index (κ3) is 4.29. The molecule has 2 unspecified atom stereocenters. The summed E-state index contributed by atoms with van der Waals surface area (Å²) in [5, 5.41) is 3.51. The fourth-order valence-electron chi connectivity index (χ4n) is 2.61. The molecule has 0 spiro atoms.